The first kappa shape index (κ1) is 20.4. The van der Waals surface area contributed by atoms with Gasteiger partial charge in [0.15, 0.2) is 0 Å². The summed E-state index contributed by atoms with van der Waals surface area (Å²) in [5.41, 5.74) is 2.64. The van der Waals surface area contributed by atoms with E-state index in [-0.39, 0.29) is 11.7 Å². The molecule has 1 aromatic carbocycles. The van der Waals surface area contributed by atoms with Gasteiger partial charge in [-0.25, -0.2) is 0 Å². The first-order chi connectivity index (χ1) is 14.7. The van der Waals surface area contributed by atoms with Gasteiger partial charge in [0.2, 0.25) is 11.8 Å². The van der Waals surface area contributed by atoms with E-state index in [1.807, 2.05) is 24.3 Å². The van der Waals surface area contributed by atoms with Crippen LogP contribution in [0.15, 0.2) is 58.4 Å². The quantitative estimate of drug-likeness (QED) is 0.579. The predicted molar refractivity (Wildman–Crippen MR) is 118 cm³/mol. The van der Waals surface area contributed by atoms with Gasteiger partial charge in [0.1, 0.15) is 0 Å². The van der Waals surface area contributed by atoms with Crippen molar-refractivity contribution in [2.75, 3.05) is 48.7 Å². The number of aromatic nitrogens is 3. The first-order valence-corrected chi connectivity index (χ1v) is 10.9. The molecule has 0 unspecified atom stereocenters. The van der Waals surface area contributed by atoms with Gasteiger partial charge in [-0.2, -0.15) is 0 Å². The van der Waals surface area contributed by atoms with Gasteiger partial charge in [-0.1, -0.05) is 30.8 Å². The number of benzene rings is 1. The number of carbonyl (C=O) groups is 1. The molecule has 0 spiro atoms. The lowest BCUT2D eigenvalue weighted by Crippen LogP contribution is -2.46. The first-order valence-electron chi connectivity index (χ1n) is 9.96. The molecule has 2 aromatic heterocycles. The Balaban J connectivity index is 1.34. The van der Waals surface area contributed by atoms with E-state index < -0.39 is 0 Å². The lowest BCUT2D eigenvalue weighted by atomic mass is 10.2. The second-order valence-corrected chi connectivity index (χ2v) is 7.82. The zero-order valence-electron chi connectivity index (χ0n) is 16.8. The molecule has 1 N–H and O–H groups in total. The van der Waals surface area contributed by atoms with Crippen molar-refractivity contribution in [3.63, 3.8) is 0 Å². The molecule has 3 heterocycles. The van der Waals surface area contributed by atoms with E-state index in [1.165, 1.54) is 11.8 Å². The van der Waals surface area contributed by atoms with Crippen LogP contribution in [0.2, 0.25) is 0 Å². The number of thioether (sulfide) groups is 1. The molecule has 8 nitrogen and oxygen atoms in total. The number of carbonyl (C=O) groups excluding carboxylic acids is 1. The molecule has 0 bridgehead atoms. The van der Waals surface area contributed by atoms with E-state index in [1.54, 1.807) is 18.5 Å². The summed E-state index contributed by atoms with van der Waals surface area (Å²) in [7, 11) is 0. The van der Waals surface area contributed by atoms with E-state index in [0.29, 0.717) is 11.1 Å². The molecular weight excluding hydrogens is 400 g/mol. The Kier molecular flexibility index (Phi) is 6.60. The molecule has 3 aromatic rings. The number of anilines is 2. The van der Waals surface area contributed by atoms with Crippen molar-refractivity contribution in [1.29, 1.82) is 0 Å². The Morgan fingerprint density at radius 1 is 1.13 bits per heavy atom. The molecule has 0 saturated carbocycles. The van der Waals surface area contributed by atoms with Crippen LogP contribution in [-0.2, 0) is 4.79 Å². The summed E-state index contributed by atoms with van der Waals surface area (Å²) in [5.74, 6) is 0.468. The molecular formula is C21H24N6O2S. The van der Waals surface area contributed by atoms with Crippen LogP contribution >= 0.6 is 11.8 Å². The van der Waals surface area contributed by atoms with Crippen molar-refractivity contribution in [2.24, 2.45) is 0 Å². The zero-order chi connectivity index (χ0) is 20.8. The zero-order valence-corrected chi connectivity index (χ0v) is 17.6. The van der Waals surface area contributed by atoms with Crippen molar-refractivity contribution in [1.82, 2.24) is 20.1 Å². The summed E-state index contributed by atoms with van der Waals surface area (Å²) in [6.07, 6.45) is 3.34. The van der Waals surface area contributed by atoms with Gasteiger partial charge >= 0.3 is 0 Å². The fraction of sp³-hybridized carbons (Fsp3) is 0.333. The number of rotatable bonds is 7. The molecule has 1 aliphatic rings. The summed E-state index contributed by atoms with van der Waals surface area (Å²) in [4.78, 5) is 21.3. The summed E-state index contributed by atoms with van der Waals surface area (Å²) in [6.45, 7) is 7.23. The van der Waals surface area contributed by atoms with Crippen molar-refractivity contribution in [3.8, 4) is 11.5 Å². The van der Waals surface area contributed by atoms with E-state index in [9.17, 15) is 4.79 Å². The number of hydrogen-bond donors (Lipinski definition) is 1. The van der Waals surface area contributed by atoms with Gasteiger partial charge < -0.3 is 19.5 Å². The summed E-state index contributed by atoms with van der Waals surface area (Å²) in [6, 6.07) is 11.6. The van der Waals surface area contributed by atoms with Crippen LogP contribution in [0.4, 0.5) is 11.4 Å². The Morgan fingerprint density at radius 3 is 2.73 bits per heavy atom. The van der Waals surface area contributed by atoms with Crippen LogP contribution in [0.25, 0.3) is 11.5 Å². The van der Waals surface area contributed by atoms with E-state index >= 15 is 0 Å². The second kappa shape index (κ2) is 9.73. The highest BCUT2D eigenvalue weighted by Gasteiger charge is 2.19. The normalized spacial score (nSPS) is 14.6. The molecule has 30 heavy (non-hydrogen) atoms. The van der Waals surface area contributed by atoms with Crippen molar-refractivity contribution < 1.29 is 9.21 Å². The SMILES string of the molecule is CCN1CCN(c2ccccc2NC(=O)CSc2nnc(-c3cccnc3)o2)CC1. The average molecular weight is 425 g/mol. The van der Waals surface area contributed by atoms with Crippen molar-refractivity contribution in [2.45, 2.75) is 12.1 Å². The van der Waals surface area contributed by atoms with Crippen LogP contribution in [0, 0.1) is 0 Å². The second-order valence-electron chi connectivity index (χ2n) is 6.89. The molecule has 0 radical (unpaired) electrons. The molecule has 156 valence electrons. The van der Waals surface area contributed by atoms with Gasteiger partial charge in [0.25, 0.3) is 5.22 Å². The Morgan fingerprint density at radius 2 is 1.97 bits per heavy atom. The minimum atomic E-state index is -0.110. The molecule has 1 amide bonds. The number of amides is 1. The van der Waals surface area contributed by atoms with Crippen molar-refractivity contribution >= 4 is 29.0 Å². The Bertz CT molecular complexity index is 972. The molecule has 0 atom stereocenters. The average Bonchev–Trinajstić information content (AvgIpc) is 3.28. The maximum atomic E-state index is 12.5. The lowest BCUT2D eigenvalue weighted by molar-refractivity contribution is -0.113. The minimum absolute atomic E-state index is 0.110. The van der Waals surface area contributed by atoms with Crippen molar-refractivity contribution in [3.05, 3.63) is 48.8 Å². The van der Waals surface area contributed by atoms with E-state index in [0.717, 1.165) is 49.7 Å². The highest BCUT2D eigenvalue weighted by atomic mass is 32.2. The van der Waals surface area contributed by atoms with Gasteiger partial charge in [-0.15, -0.1) is 10.2 Å². The highest BCUT2D eigenvalue weighted by Crippen LogP contribution is 2.27. The summed E-state index contributed by atoms with van der Waals surface area (Å²) < 4.78 is 5.62. The number of hydrogen-bond acceptors (Lipinski definition) is 8. The standard InChI is InChI=1S/C21H24N6O2S/c1-2-26-10-12-27(13-11-26)18-8-4-3-7-17(18)23-19(28)15-30-21-25-24-20(29-21)16-6-5-9-22-14-16/h3-9,14H,2,10-13,15H2,1H3,(H,23,28). The Hall–Kier alpha value is -2.91. The predicted octanol–water partition coefficient (Wildman–Crippen LogP) is 3.00. The third-order valence-corrected chi connectivity index (χ3v) is 5.80. The van der Waals surface area contributed by atoms with Gasteiger partial charge in [0.05, 0.1) is 22.7 Å². The number of nitrogens with zero attached hydrogens (tertiary/aromatic N) is 5. The van der Waals surface area contributed by atoms with Crippen LogP contribution in [0.3, 0.4) is 0 Å². The van der Waals surface area contributed by atoms with E-state index in [4.69, 9.17) is 4.42 Å². The number of para-hydroxylation sites is 2. The maximum absolute atomic E-state index is 12.5. The monoisotopic (exact) mass is 424 g/mol. The van der Waals surface area contributed by atoms with Gasteiger partial charge in [-0.3, -0.25) is 9.78 Å². The van der Waals surface area contributed by atoms with Gasteiger partial charge in [0, 0.05) is 38.6 Å². The molecule has 9 heteroatoms. The lowest BCUT2D eigenvalue weighted by Gasteiger charge is -2.36. The maximum Gasteiger partial charge on any atom is 0.277 e. The molecule has 1 aliphatic heterocycles. The fourth-order valence-electron chi connectivity index (χ4n) is 3.35. The van der Waals surface area contributed by atoms with Gasteiger partial charge in [-0.05, 0) is 30.8 Å². The topological polar surface area (TPSA) is 87.4 Å². The third-order valence-electron chi connectivity index (χ3n) is 4.98. The van der Waals surface area contributed by atoms with Crippen LogP contribution in [0.5, 0.6) is 0 Å². The Labute approximate surface area is 179 Å². The molecule has 1 saturated heterocycles. The number of likely N-dealkylation sites (N-methyl/N-ethyl adjacent to an activating group) is 1. The molecule has 4 rings (SSSR count). The fourth-order valence-corrected chi connectivity index (χ4v) is 3.91. The number of pyridine rings is 1. The van der Waals surface area contributed by atoms with E-state index in [2.05, 4.69) is 43.3 Å². The van der Waals surface area contributed by atoms with Crippen LogP contribution in [-0.4, -0.2) is 64.5 Å². The van der Waals surface area contributed by atoms with Crippen LogP contribution < -0.4 is 10.2 Å². The highest BCUT2D eigenvalue weighted by molar-refractivity contribution is 7.99. The van der Waals surface area contributed by atoms with Crippen LogP contribution in [0.1, 0.15) is 6.92 Å². The largest absolute Gasteiger partial charge is 0.411 e. The molecule has 0 aliphatic carbocycles. The molecule has 1 fully saturated rings. The summed E-state index contributed by atoms with van der Waals surface area (Å²) in [5, 5.41) is 11.4. The number of nitrogens with one attached hydrogen (secondary N) is 1. The summed E-state index contributed by atoms with van der Waals surface area (Å²) >= 11 is 1.21. The smallest absolute Gasteiger partial charge is 0.277 e. The number of piperazine rings is 1. The minimum Gasteiger partial charge on any atom is -0.411 e. The third kappa shape index (κ3) is 4.98.